The molecule has 0 radical (unpaired) electrons. The summed E-state index contributed by atoms with van der Waals surface area (Å²) in [6.07, 6.45) is 1.48. The Bertz CT molecular complexity index is 484. The molecular weight excluding hydrogens is 268 g/mol. The fraction of sp³-hybridized carbons (Fsp3) is 0.500. The van der Waals surface area contributed by atoms with Gasteiger partial charge in [0.15, 0.2) is 0 Å². The third-order valence-electron chi connectivity index (χ3n) is 3.36. The smallest absolute Gasteiger partial charge is 0.408 e. The zero-order valence-corrected chi connectivity index (χ0v) is 12.5. The first-order chi connectivity index (χ1) is 10.1. The zero-order chi connectivity index (χ0) is 15.2. The van der Waals surface area contributed by atoms with Gasteiger partial charge in [-0.3, -0.25) is 4.79 Å². The Balaban J connectivity index is 1.81. The second kappa shape index (κ2) is 7.11. The lowest BCUT2D eigenvalue weighted by molar-refractivity contribution is -0.124. The van der Waals surface area contributed by atoms with Crippen molar-refractivity contribution >= 4 is 12.0 Å². The number of amides is 2. The summed E-state index contributed by atoms with van der Waals surface area (Å²) in [5.41, 5.74) is 0.913. The minimum absolute atomic E-state index is 0.00743. The molecule has 1 fully saturated rings. The average Bonchev–Trinajstić information content (AvgIpc) is 3.27. The monoisotopic (exact) mass is 290 g/mol. The van der Waals surface area contributed by atoms with E-state index in [1.165, 1.54) is 0 Å². The highest BCUT2D eigenvalue weighted by molar-refractivity contribution is 5.86. The lowest BCUT2D eigenvalue weighted by Gasteiger charge is -2.21. The van der Waals surface area contributed by atoms with Crippen LogP contribution >= 0.6 is 0 Å². The largest absolute Gasteiger partial charge is 0.445 e. The van der Waals surface area contributed by atoms with E-state index >= 15 is 0 Å². The van der Waals surface area contributed by atoms with Gasteiger partial charge in [0.25, 0.3) is 0 Å². The van der Waals surface area contributed by atoms with E-state index in [1.54, 1.807) is 0 Å². The maximum Gasteiger partial charge on any atom is 0.408 e. The number of hydrogen-bond donors (Lipinski definition) is 2. The molecule has 114 valence electrons. The van der Waals surface area contributed by atoms with Crippen LogP contribution in [-0.2, 0) is 16.1 Å². The van der Waals surface area contributed by atoms with Crippen molar-refractivity contribution in [1.29, 1.82) is 0 Å². The van der Waals surface area contributed by atoms with Gasteiger partial charge in [-0.05, 0) is 24.3 Å². The quantitative estimate of drug-likeness (QED) is 0.844. The van der Waals surface area contributed by atoms with Crippen LogP contribution in [0.4, 0.5) is 4.79 Å². The van der Waals surface area contributed by atoms with Crippen molar-refractivity contribution in [3.05, 3.63) is 35.9 Å². The van der Waals surface area contributed by atoms with E-state index in [1.807, 2.05) is 44.2 Å². The highest BCUT2D eigenvalue weighted by Crippen LogP contribution is 2.19. The highest BCUT2D eigenvalue weighted by atomic mass is 16.5. The molecule has 0 aliphatic heterocycles. The Morgan fingerprint density at radius 1 is 1.24 bits per heavy atom. The third-order valence-corrected chi connectivity index (χ3v) is 3.36. The first-order valence-electron chi connectivity index (χ1n) is 7.34. The van der Waals surface area contributed by atoms with Gasteiger partial charge in [-0.1, -0.05) is 44.2 Å². The van der Waals surface area contributed by atoms with Crippen LogP contribution in [0.2, 0.25) is 0 Å². The second-order valence-electron chi connectivity index (χ2n) is 5.71. The van der Waals surface area contributed by atoms with Gasteiger partial charge in [0, 0.05) is 6.04 Å². The van der Waals surface area contributed by atoms with Crippen LogP contribution in [0.25, 0.3) is 0 Å². The molecule has 0 bridgehead atoms. The maximum atomic E-state index is 12.1. The first kappa shape index (κ1) is 15.4. The molecular formula is C16H22N2O3. The van der Waals surface area contributed by atoms with E-state index in [4.69, 9.17) is 4.74 Å². The van der Waals surface area contributed by atoms with Crippen LogP contribution in [0.1, 0.15) is 32.3 Å². The molecule has 1 aliphatic carbocycles. The van der Waals surface area contributed by atoms with E-state index in [2.05, 4.69) is 10.6 Å². The van der Waals surface area contributed by atoms with Crippen molar-refractivity contribution < 1.29 is 14.3 Å². The van der Waals surface area contributed by atoms with Crippen LogP contribution in [0.15, 0.2) is 30.3 Å². The third kappa shape index (κ3) is 5.10. The summed E-state index contributed by atoms with van der Waals surface area (Å²) in [6.45, 7) is 3.99. The number of alkyl carbamates (subject to hydrolysis) is 1. The SMILES string of the molecule is CC(C)C(NC(=O)OCc1ccccc1)C(=O)NC1CC1. The van der Waals surface area contributed by atoms with Crippen molar-refractivity contribution in [3.8, 4) is 0 Å². The van der Waals surface area contributed by atoms with E-state index < -0.39 is 12.1 Å². The molecule has 5 heteroatoms. The van der Waals surface area contributed by atoms with Crippen molar-refractivity contribution in [2.24, 2.45) is 5.92 Å². The molecule has 5 nitrogen and oxygen atoms in total. The van der Waals surface area contributed by atoms with Gasteiger partial charge in [0.1, 0.15) is 12.6 Å². The predicted octanol–water partition coefficient (Wildman–Crippen LogP) is 2.22. The molecule has 1 atom stereocenters. The predicted molar refractivity (Wildman–Crippen MR) is 79.6 cm³/mol. The lowest BCUT2D eigenvalue weighted by Crippen LogP contribution is -2.50. The molecule has 2 N–H and O–H groups in total. The normalized spacial score (nSPS) is 15.4. The molecule has 1 aromatic carbocycles. The minimum atomic E-state index is -0.566. The van der Waals surface area contributed by atoms with E-state index in [0.717, 1.165) is 18.4 Å². The summed E-state index contributed by atoms with van der Waals surface area (Å²) in [6, 6.07) is 9.16. The molecule has 1 saturated carbocycles. The van der Waals surface area contributed by atoms with Crippen molar-refractivity contribution in [3.63, 3.8) is 0 Å². The summed E-state index contributed by atoms with van der Waals surface area (Å²) in [5.74, 6) is -0.128. The molecule has 0 saturated heterocycles. The van der Waals surface area contributed by atoms with Gasteiger partial charge in [0.2, 0.25) is 5.91 Å². The highest BCUT2D eigenvalue weighted by Gasteiger charge is 2.30. The average molecular weight is 290 g/mol. The molecule has 21 heavy (non-hydrogen) atoms. The Morgan fingerprint density at radius 3 is 2.48 bits per heavy atom. The Morgan fingerprint density at radius 2 is 1.90 bits per heavy atom. The molecule has 0 heterocycles. The minimum Gasteiger partial charge on any atom is -0.445 e. The van der Waals surface area contributed by atoms with Gasteiger partial charge in [0.05, 0.1) is 0 Å². The van der Waals surface area contributed by atoms with E-state index in [9.17, 15) is 9.59 Å². The van der Waals surface area contributed by atoms with Crippen LogP contribution in [0.3, 0.4) is 0 Å². The molecule has 2 rings (SSSR count). The molecule has 1 aliphatic rings. The van der Waals surface area contributed by atoms with Crippen LogP contribution in [0.5, 0.6) is 0 Å². The second-order valence-corrected chi connectivity index (χ2v) is 5.71. The van der Waals surface area contributed by atoms with Crippen molar-refractivity contribution in [2.45, 2.75) is 45.4 Å². The van der Waals surface area contributed by atoms with Gasteiger partial charge in [-0.2, -0.15) is 0 Å². The molecule has 0 aromatic heterocycles. The molecule has 2 amide bonds. The molecule has 0 spiro atoms. The molecule has 1 aromatic rings. The van der Waals surface area contributed by atoms with Crippen LogP contribution in [-0.4, -0.2) is 24.1 Å². The molecule has 1 unspecified atom stereocenters. The van der Waals surface area contributed by atoms with Crippen molar-refractivity contribution in [2.75, 3.05) is 0 Å². The number of ether oxygens (including phenoxy) is 1. The topological polar surface area (TPSA) is 67.4 Å². The number of carbonyl (C=O) groups excluding carboxylic acids is 2. The van der Waals surface area contributed by atoms with Crippen LogP contribution < -0.4 is 10.6 Å². The van der Waals surface area contributed by atoms with Crippen molar-refractivity contribution in [1.82, 2.24) is 10.6 Å². The zero-order valence-electron chi connectivity index (χ0n) is 12.5. The maximum absolute atomic E-state index is 12.1. The Hall–Kier alpha value is -2.04. The Kier molecular flexibility index (Phi) is 5.20. The van der Waals surface area contributed by atoms with Gasteiger partial charge >= 0.3 is 6.09 Å². The number of benzene rings is 1. The summed E-state index contributed by atoms with van der Waals surface area (Å²) < 4.78 is 5.15. The number of nitrogens with one attached hydrogen (secondary N) is 2. The summed E-state index contributed by atoms with van der Waals surface area (Å²) >= 11 is 0. The lowest BCUT2D eigenvalue weighted by atomic mass is 10.0. The van der Waals surface area contributed by atoms with Gasteiger partial charge < -0.3 is 15.4 Å². The van der Waals surface area contributed by atoms with Gasteiger partial charge in [-0.25, -0.2) is 4.79 Å². The van der Waals surface area contributed by atoms with Gasteiger partial charge in [-0.15, -0.1) is 0 Å². The fourth-order valence-electron chi connectivity index (χ4n) is 1.95. The Labute approximate surface area is 125 Å². The first-order valence-corrected chi connectivity index (χ1v) is 7.34. The van der Waals surface area contributed by atoms with E-state index in [0.29, 0.717) is 0 Å². The summed E-state index contributed by atoms with van der Waals surface area (Å²) in [5, 5.41) is 5.55. The number of hydrogen-bond acceptors (Lipinski definition) is 3. The summed E-state index contributed by atoms with van der Waals surface area (Å²) in [7, 11) is 0. The summed E-state index contributed by atoms with van der Waals surface area (Å²) in [4.78, 5) is 23.9. The standard InChI is InChI=1S/C16H22N2O3/c1-11(2)14(15(19)17-13-8-9-13)18-16(20)21-10-12-6-4-3-5-7-12/h3-7,11,13-14H,8-10H2,1-2H3,(H,17,19)(H,18,20). The number of carbonyl (C=O) groups is 2. The number of rotatable bonds is 6. The van der Waals surface area contributed by atoms with Crippen LogP contribution in [0, 0.1) is 5.92 Å². The fourth-order valence-corrected chi connectivity index (χ4v) is 1.95. The van der Waals surface area contributed by atoms with E-state index in [-0.39, 0.29) is 24.5 Å².